The zero-order valence-corrected chi connectivity index (χ0v) is 15.1. The summed E-state index contributed by atoms with van der Waals surface area (Å²) in [5.74, 6) is -0.260. The van der Waals surface area contributed by atoms with Gasteiger partial charge in [0.2, 0.25) is 0 Å². The smallest absolute Gasteiger partial charge is 0.293 e. The number of nitrogens with one attached hydrogen (secondary N) is 1. The molecule has 1 N–H and O–H groups in total. The average Bonchev–Trinajstić information content (AvgIpc) is 3.14. The Balaban J connectivity index is 1.70. The molecule has 2 fully saturated rings. The van der Waals surface area contributed by atoms with E-state index in [0.29, 0.717) is 50.1 Å². The Morgan fingerprint density at radius 3 is 2.81 bits per heavy atom. The molecule has 26 heavy (non-hydrogen) atoms. The lowest BCUT2D eigenvalue weighted by Gasteiger charge is -2.28. The number of likely N-dealkylation sites (tertiary alicyclic amines) is 1. The number of nitro groups is 1. The lowest BCUT2D eigenvalue weighted by molar-refractivity contribution is -0.384. The van der Waals surface area contributed by atoms with Crippen LogP contribution in [-0.4, -0.2) is 67.7 Å². The summed E-state index contributed by atoms with van der Waals surface area (Å²) in [7, 11) is 0. The van der Waals surface area contributed by atoms with E-state index in [2.05, 4.69) is 17.1 Å². The van der Waals surface area contributed by atoms with Gasteiger partial charge in [-0.2, -0.15) is 0 Å². The van der Waals surface area contributed by atoms with Crippen LogP contribution in [0.4, 0.5) is 11.4 Å². The van der Waals surface area contributed by atoms with Gasteiger partial charge in [0.1, 0.15) is 5.69 Å². The number of amides is 1. The summed E-state index contributed by atoms with van der Waals surface area (Å²) in [5.41, 5.74) is 0.841. The lowest BCUT2D eigenvalue weighted by atomic mass is 10.1. The minimum Gasteiger partial charge on any atom is -0.378 e. The van der Waals surface area contributed by atoms with Gasteiger partial charge in [0.15, 0.2) is 0 Å². The second-order valence-corrected chi connectivity index (χ2v) is 6.69. The predicted octanol–water partition coefficient (Wildman–Crippen LogP) is 1.65. The fourth-order valence-corrected chi connectivity index (χ4v) is 3.74. The van der Waals surface area contributed by atoms with Crippen LogP contribution in [0.3, 0.4) is 0 Å². The number of hydrogen-bond donors (Lipinski definition) is 1. The molecule has 2 aliphatic heterocycles. The monoisotopic (exact) mass is 362 g/mol. The number of benzene rings is 1. The molecule has 1 aromatic rings. The predicted molar refractivity (Wildman–Crippen MR) is 98.7 cm³/mol. The van der Waals surface area contributed by atoms with Crippen molar-refractivity contribution >= 4 is 17.3 Å². The highest BCUT2D eigenvalue weighted by molar-refractivity contribution is 5.95. The number of carbonyl (C=O) groups is 1. The molecule has 0 aliphatic carbocycles. The fourth-order valence-electron chi connectivity index (χ4n) is 3.74. The van der Waals surface area contributed by atoms with Crippen LogP contribution in [0.5, 0.6) is 0 Å². The average molecular weight is 362 g/mol. The largest absolute Gasteiger partial charge is 0.378 e. The van der Waals surface area contributed by atoms with Gasteiger partial charge in [-0.3, -0.25) is 19.8 Å². The molecular formula is C18H26N4O4. The molecule has 1 unspecified atom stereocenters. The minimum absolute atomic E-state index is 0.0319. The zero-order chi connectivity index (χ0) is 18.5. The molecule has 1 atom stereocenters. The summed E-state index contributed by atoms with van der Waals surface area (Å²) >= 11 is 0. The van der Waals surface area contributed by atoms with Gasteiger partial charge in [0.05, 0.1) is 18.1 Å². The van der Waals surface area contributed by atoms with E-state index in [0.717, 1.165) is 25.9 Å². The number of likely N-dealkylation sites (N-methyl/N-ethyl adjacent to an activating group) is 1. The van der Waals surface area contributed by atoms with Crippen LogP contribution >= 0.6 is 0 Å². The van der Waals surface area contributed by atoms with Crippen molar-refractivity contribution in [1.82, 2.24) is 10.2 Å². The maximum Gasteiger partial charge on any atom is 0.293 e. The van der Waals surface area contributed by atoms with Crippen LogP contribution in [0.1, 0.15) is 30.1 Å². The molecule has 8 heteroatoms. The maximum atomic E-state index is 12.5. The third-order valence-electron chi connectivity index (χ3n) is 5.19. The highest BCUT2D eigenvalue weighted by atomic mass is 16.6. The van der Waals surface area contributed by atoms with Crippen molar-refractivity contribution in [2.45, 2.75) is 25.8 Å². The topological polar surface area (TPSA) is 88.0 Å². The molecule has 0 saturated carbocycles. The summed E-state index contributed by atoms with van der Waals surface area (Å²) in [6.45, 7) is 7.06. The molecule has 3 rings (SSSR count). The minimum atomic E-state index is -0.419. The molecule has 0 radical (unpaired) electrons. The second kappa shape index (κ2) is 8.46. The van der Waals surface area contributed by atoms with E-state index in [-0.39, 0.29) is 11.6 Å². The van der Waals surface area contributed by atoms with Gasteiger partial charge >= 0.3 is 0 Å². The Kier molecular flexibility index (Phi) is 6.05. The van der Waals surface area contributed by atoms with Crippen LogP contribution < -0.4 is 10.2 Å². The van der Waals surface area contributed by atoms with Crippen molar-refractivity contribution in [1.29, 1.82) is 0 Å². The van der Waals surface area contributed by atoms with E-state index in [9.17, 15) is 14.9 Å². The highest BCUT2D eigenvalue weighted by Crippen LogP contribution is 2.30. The second-order valence-electron chi connectivity index (χ2n) is 6.69. The molecule has 2 aliphatic rings. The number of nitrogens with zero attached hydrogens (tertiary/aromatic N) is 3. The van der Waals surface area contributed by atoms with Crippen LogP contribution in [0, 0.1) is 10.1 Å². The first-order valence-corrected chi connectivity index (χ1v) is 9.23. The Morgan fingerprint density at radius 2 is 2.12 bits per heavy atom. The molecule has 1 amide bonds. The van der Waals surface area contributed by atoms with E-state index < -0.39 is 4.92 Å². The standard InChI is InChI=1S/C18H26N4O4/c1-2-20-7-3-4-15(20)13-19-18(23)14-5-6-16(17(12-14)22(24)25)21-8-10-26-11-9-21/h5-6,12,15H,2-4,7-11,13H2,1H3,(H,19,23). The Morgan fingerprint density at radius 1 is 1.35 bits per heavy atom. The van der Waals surface area contributed by atoms with Crippen LogP contribution in [0.25, 0.3) is 0 Å². The van der Waals surface area contributed by atoms with E-state index in [1.54, 1.807) is 12.1 Å². The van der Waals surface area contributed by atoms with E-state index in [1.165, 1.54) is 6.07 Å². The zero-order valence-electron chi connectivity index (χ0n) is 15.1. The summed E-state index contributed by atoms with van der Waals surface area (Å²) in [4.78, 5) is 27.8. The summed E-state index contributed by atoms with van der Waals surface area (Å²) < 4.78 is 5.30. The lowest BCUT2D eigenvalue weighted by Crippen LogP contribution is -2.40. The third-order valence-corrected chi connectivity index (χ3v) is 5.19. The third kappa shape index (κ3) is 4.13. The molecular weight excluding hydrogens is 336 g/mol. The first-order chi connectivity index (χ1) is 12.6. The number of anilines is 1. The number of ether oxygens (including phenoxy) is 1. The molecule has 142 valence electrons. The Bertz CT molecular complexity index is 661. The molecule has 0 spiro atoms. The number of nitro benzene ring substituents is 1. The van der Waals surface area contributed by atoms with Gasteiger partial charge < -0.3 is 15.0 Å². The van der Waals surface area contributed by atoms with Crippen molar-refractivity contribution in [3.8, 4) is 0 Å². The van der Waals surface area contributed by atoms with Crippen LogP contribution in [0.2, 0.25) is 0 Å². The Labute approximate surface area is 153 Å². The number of hydrogen-bond acceptors (Lipinski definition) is 6. The summed E-state index contributed by atoms with van der Waals surface area (Å²) in [6, 6.07) is 5.07. The Hall–Kier alpha value is -2.19. The molecule has 1 aromatic carbocycles. The van der Waals surface area contributed by atoms with Crippen molar-refractivity contribution in [2.75, 3.05) is 50.8 Å². The normalized spacial score (nSPS) is 21.0. The molecule has 8 nitrogen and oxygen atoms in total. The van der Waals surface area contributed by atoms with E-state index >= 15 is 0 Å². The van der Waals surface area contributed by atoms with Gasteiger partial charge in [-0.1, -0.05) is 6.92 Å². The number of morpholine rings is 1. The number of carbonyl (C=O) groups excluding carboxylic acids is 1. The van der Waals surface area contributed by atoms with Gasteiger partial charge in [0.25, 0.3) is 11.6 Å². The molecule has 2 heterocycles. The van der Waals surface area contributed by atoms with Crippen LogP contribution in [0.15, 0.2) is 18.2 Å². The van der Waals surface area contributed by atoms with Crippen molar-refractivity contribution in [3.63, 3.8) is 0 Å². The highest BCUT2D eigenvalue weighted by Gasteiger charge is 2.25. The van der Waals surface area contributed by atoms with Crippen molar-refractivity contribution in [3.05, 3.63) is 33.9 Å². The van der Waals surface area contributed by atoms with Gasteiger partial charge in [-0.25, -0.2) is 0 Å². The number of rotatable bonds is 6. The van der Waals surface area contributed by atoms with E-state index in [1.807, 2.05) is 4.90 Å². The summed E-state index contributed by atoms with van der Waals surface area (Å²) in [6.07, 6.45) is 2.22. The molecule has 0 aromatic heterocycles. The molecule has 0 bridgehead atoms. The van der Waals surface area contributed by atoms with Gasteiger partial charge in [0, 0.05) is 37.3 Å². The molecule has 2 saturated heterocycles. The van der Waals surface area contributed by atoms with Gasteiger partial charge in [-0.15, -0.1) is 0 Å². The SMILES string of the molecule is CCN1CCCC1CNC(=O)c1ccc(N2CCOCC2)c([N+](=O)[O-])c1. The van der Waals surface area contributed by atoms with Gasteiger partial charge in [-0.05, 0) is 38.1 Å². The van der Waals surface area contributed by atoms with Crippen molar-refractivity contribution in [2.24, 2.45) is 0 Å². The van der Waals surface area contributed by atoms with Crippen molar-refractivity contribution < 1.29 is 14.5 Å². The fraction of sp³-hybridized carbons (Fsp3) is 0.611. The first kappa shape index (κ1) is 18.6. The quantitative estimate of drug-likeness (QED) is 0.611. The maximum absolute atomic E-state index is 12.5. The first-order valence-electron chi connectivity index (χ1n) is 9.23. The summed E-state index contributed by atoms with van der Waals surface area (Å²) in [5, 5.41) is 14.4. The van der Waals surface area contributed by atoms with E-state index in [4.69, 9.17) is 4.74 Å². The van der Waals surface area contributed by atoms with Crippen LogP contribution in [-0.2, 0) is 4.74 Å².